The third-order valence-electron chi connectivity index (χ3n) is 5.10. The normalized spacial score (nSPS) is 13.3. The Hall–Kier alpha value is -4.12. The van der Waals surface area contributed by atoms with Crippen LogP contribution in [0.2, 0.25) is 0 Å². The van der Waals surface area contributed by atoms with E-state index in [-0.39, 0.29) is 19.1 Å². The van der Waals surface area contributed by atoms with Crippen LogP contribution in [0.5, 0.6) is 17.2 Å². The molecule has 11 heteroatoms. The number of carbonyl (C=O) groups is 3. The monoisotopic (exact) mass is 484 g/mol. The Kier molecular flexibility index (Phi) is 9.43. The van der Waals surface area contributed by atoms with E-state index in [1.165, 1.54) is 13.3 Å². The molecule has 1 heterocycles. The van der Waals surface area contributed by atoms with Crippen molar-refractivity contribution >= 4 is 23.9 Å². The Morgan fingerprint density at radius 3 is 2.43 bits per heavy atom. The highest BCUT2D eigenvalue weighted by atomic mass is 16.5. The van der Waals surface area contributed by atoms with Gasteiger partial charge in [-0.3, -0.25) is 14.4 Å². The summed E-state index contributed by atoms with van der Waals surface area (Å²) in [5.74, 6) is -0.355. The first-order chi connectivity index (χ1) is 17.0. The average Bonchev–Trinajstić information content (AvgIpc) is 2.91. The number of hydrogen-bond acceptors (Lipinski definition) is 8. The molecule has 0 bridgehead atoms. The summed E-state index contributed by atoms with van der Waals surface area (Å²) in [6.45, 7) is 2.19. The van der Waals surface area contributed by atoms with Crippen LogP contribution in [0.3, 0.4) is 0 Å². The van der Waals surface area contributed by atoms with E-state index in [0.29, 0.717) is 49.1 Å². The quantitative estimate of drug-likeness (QED) is 0.305. The number of benzene rings is 2. The van der Waals surface area contributed by atoms with Gasteiger partial charge in [-0.2, -0.15) is 5.10 Å². The van der Waals surface area contributed by atoms with E-state index in [9.17, 15) is 14.4 Å². The summed E-state index contributed by atoms with van der Waals surface area (Å²) in [5, 5.41) is 6.33. The number of methoxy groups -OCH3 is 2. The highest BCUT2D eigenvalue weighted by Crippen LogP contribution is 2.27. The summed E-state index contributed by atoms with van der Waals surface area (Å²) < 4.78 is 21.3. The van der Waals surface area contributed by atoms with E-state index in [1.54, 1.807) is 54.5 Å². The lowest BCUT2D eigenvalue weighted by atomic mass is 10.2. The minimum absolute atomic E-state index is 0.120. The molecule has 35 heavy (non-hydrogen) atoms. The zero-order valence-corrected chi connectivity index (χ0v) is 19.6. The van der Waals surface area contributed by atoms with Gasteiger partial charge >= 0.3 is 11.8 Å². The predicted octanol–water partition coefficient (Wildman–Crippen LogP) is 0.708. The molecule has 11 nitrogen and oxygen atoms in total. The number of morpholine rings is 1. The van der Waals surface area contributed by atoms with Crippen molar-refractivity contribution in [3.05, 3.63) is 53.6 Å². The molecule has 0 spiro atoms. The van der Waals surface area contributed by atoms with Crippen LogP contribution in [0.15, 0.2) is 47.6 Å². The van der Waals surface area contributed by atoms with Crippen molar-refractivity contribution in [3.63, 3.8) is 0 Å². The number of ether oxygens (including phenoxy) is 4. The molecular weight excluding hydrogens is 456 g/mol. The van der Waals surface area contributed by atoms with Gasteiger partial charge in [-0.05, 0) is 41.5 Å². The van der Waals surface area contributed by atoms with Crippen molar-refractivity contribution in [1.29, 1.82) is 0 Å². The number of hydrazone groups is 1. The van der Waals surface area contributed by atoms with Gasteiger partial charge in [0.1, 0.15) is 5.75 Å². The fraction of sp³-hybridized carbons (Fsp3) is 0.333. The van der Waals surface area contributed by atoms with Gasteiger partial charge in [0.15, 0.2) is 18.1 Å². The van der Waals surface area contributed by atoms with Crippen LogP contribution in [0.1, 0.15) is 11.1 Å². The fourth-order valence-electron chi connectivity index (χ4n) is 3.15. The minimum Gasteiger partial charge on any atom is -0.497 e. The Labute approximate surface area is 203 Å². The van der Waals surface area contributed by atoms with Gasteiger partial charge in [0, 0.05) is 19.6 Å². The number of carbonyl (C=O) groups excluding carboxylic acids is 3. The number of amides is 3. The molecule has 3 amide bonds. The molecule has 186 valence electrons. The van der Waals surface area contributed by atoms with Crippen molar-refractivity contribution in [2.75, 3.05) is 47.1 Å². The van der Waals surface area contributed by atoms with Crippen molar-refractivity contribution in [3.8, 4) is 17.2 Å². The van der Waals surface area contributed by atoms with Gasteiger partial charge in [0.2, 0.25) is 0 Å². The zero-order valence-electron chi connectivity index (χ0n) is 19.6. The molecular formula is C24H28N4O7. The van der Waals surface area contributed by atoms with Crippen LogP contribution >= 0.6 is 0 Å². The molecule has 0 aromatic heterocycles. The lowest BCUT2D eigenvalue weighted by molar-refractivity contribution is -0.139. The predicted molar refractivity (Wildman–Crippen MR) is 126 cm³/mol. The van der Waals surface area contributed by atoms with Crippen molar-refractivity contribution in [2.45, 2.75) is 6.54 Å². The summed E-state index contributed by atoms with van der Waals surface area (Å²) >= 11 is 0. The number of nitrogens with one attached hydrogen (secondary N) is 2. The van der Waals surface area contributed by atoms with E-state index in [4.69, 9.17) is 18.9 Å². The molecule has 0 unspecified atom stereocenters. The SMILES string of the molecule is COc1ccc(CNC(=O)C(=O)N/N=C\c2ccc(OCC(=O)N3CCOCC3)c(OC)c2)cc1. The maximum Gasteiger partial charge on any atom is 0.329 e. The topological polar surface area (TPSA) is 128 Å². The molecule has 1 aliphatic heterocycles. The third kappa shape index (κ3) is 7.71. The van der Waals surface area contributed by atoms with Crippen LogP contribution < -0.4 is 25.0 Å². The Balaban J connectivity index is 1.47. The molecule has 2 N–H and O–H groups in total. The highest BCUT2D eigenvalue weighted by molar-refractivity contribution is 6.35. The van der Waals surface area contributed by atoms with E-state index in [1.807, 2.05) is 0 Å². The van der Waals surface area contributed by atoms with E-state index >= 15 is 0 Å². The molecule has 1 saturated heterocycles. The van der Waals surface area contributed by atoms with Crippen molar-refractivity contribution in [2.24, 2.45) is 5.10 Å². The molecule has 0 aliphatic carbocycles. The molecule has 2 aromatic carbocycles. The van der Waals surface area contributed by atoms with Gasteiger partial charge in [-0.15, -0.1) is 0 Å². The maximum atomic E-state index is 12.3. The second kappa shape index (κ2) is 12.9. The molecule has 2 aromatic rings. The van der Waals surface area contributed by atoms with Crippen molar-refractivity contribution in [1.82, 2.24) is 15.6 Å². The van der Waals surface area contributed by atoms with Crippen LogP contribution in [-0.2, 0) is 25.7 Å². The second-order valence-corrected chi connectivity index (χ2v) is 7.42. The summed E-state index contributed by atoms with van der Waals surface area (Å²) in [6, 6.07) is 12.0. The van der Waals surface area contributed by atoms with Crippen LogP contribution in [0, 0.1) is 0 Å². The van der Waals surface area contributed by atoms with Crippen molar-refractivity contribution < 1.29 is 33.3 Å². The first-order valence-corrected chi connectivity index (χ1v) is 10.9. The number of rotatable bonds is 9. The molecule has 1 fully saturated rings. The molecule has 1 aliphatic rings. The fourth-order valence-corrected chi connectivity index (χ4v) is 3.15. The second-order valence-electron chi connectivity index (χ2n) is 7.42. The largest absolute Gasteiger partial charge is 0.497 e. The molecule has 3 rings (SSSR count). The third-order valence-corrected chi connectivity index (χ3v) is 5.10. The van der Waals surface area contributed by atoms with E-state index in [2.05, 4.69) is 15.8 Å². The van der Waals surface area contributed by atoms with Gasteiger partial charge in [-0.25, -0.2) is 5.43 Å². The lowest BCUT2D eigenvalue weighted by Gasteiger charge is -2.26. The van der Waals surface area contributed by atoms with Gasteiger partial charge in [0.05, 0.1) is 33.6 Å². The Morgan fingerprint density at radius 1 is 1.00 bits per heavy atom. The average molecular weight is 485 g/mol. The van der Waals surface area contributed by atoms with Gasteiger partial charge in [0.25, 0.3) is 5.91 Å². The Bertz CT molecular complexity index is 1050. The molecule has 0 radical (unpaired) electrons. The van der Waals surface area contributed by atoms with Gasteiger partial charge < -0.3 is 29.2 Å². The minimum atomic E-state index is -0.900. The molecule has 0 atom stereocenters. The summed E-state index contributed by atoms with van der Waals surface area (Å²) in [7, 11) is 3.04. The number of hydrogen-bond donors (Lipinski definition) is 2. The van der Waals surface area contributed by atoms with E-state index < -0.39 is 11.8 Å². The zero-order chi connectivity index (χ0) is 25.0. The van der Waals surface area contributed by atoms with Gasteiger partial charge in [-0.1, -0.05) is 12.1 Å². The van der Waals surface area contributed by atoms with E-state index in [0.717, 1.165) is 5.56 Å². The smallest absolute Gasteiger partial charge is 0.329 e. The van der Waals surface area contributed by atoms with Crippen LogP contribution in [0.4, 0.5) is 0 Å². The number of nitrogens with zero attached hydrogens (tertiary/aromatic N) is 2. The van der Waals surface area contributed by atoms with Crippen LogP contribution in [-0.4, -0.2) is 76.0 Å². The summed E-state index contributed by atoms with van der Waals surface area (Å²) in [6.07, 6.45) is 1.36. The first-order valence-electron chi connectivity index (χ1n) is 10.9. The maximum absolute atomic E-state index is 12.3. The summed E-state index contributed by atoms with van der Waals surface area (Å²) in [5.41, 5.74) is 3.59. The first kappa shape index (κ1) is 25.5. The summed E-state index contributed by atoms with van der Waals surface area (Å²) in [4.78, 5) is 37.9. The van der Waals surface area contributed by atoms with Crippen LogP contribution in [0.25, 0.3) is 0 Å². The lowest BCUT2D eigenvalue weighted by Crippen LogP contribution is -2.43. The standard InChI is InChI=1S/C24H28N4O7/c1-32-19-6-3-17(4-7-19)14-25-23(30)24(31)27-26-15-18-5-8-20(21(13-18)33-2)35-16-22(29)28-9-11-34-12-10-28/h3-8,13,15H,9-12,14,16H2,1-2H3,(H,25,30)(H,27,31)/b26-15-. The highest BCUT2D eigenvalue weighted by Gasteiger charge is 2.18. The molecule has 0 saturated carbocycles. The Morgan fingerprint density at radius 2 is 1.74 bits per heavy atom.